The fourth-order valence-electron chi connectivity index (χ4n) is 6.63. The van der Waals surface area contributed by atoms with Crippen molar-refractivity contribution in [3.05, 3.63) is 153 Å². The lowest BCUT2D eigenvalue weighted by Crippen LogP contribution is -2.36. The first-order valence-corrected chi connectivity index (χ1v) is 17.2. The maximum Gasteiger partial charge on any atom is 0.255 e. The van der Waals surface area contributed by atoms with Gasteiger partial charge in [0, 0.05) is 87.6 Å². The van der Waals surface area contributed by atoms with E-state index < -0.39 is 5.82 Å². The van der Waals surface area contributed by atoms with Gasteiger partial charge in [0.25, 0.3) is 5.91 Å². The zero-order valence-electron chi connectivity index (χ0n) is 29.0. The number of halogens is 1. The number of hydrogen-bond donors (Lipinski definition) is 0. The standard InChI is InChI=1S/C23H24N2O3.C19H14FNO2/c1-5-25(14(2)3)23(28)16-10-11-17(24-13-16)12-20-15(4)21(26)18-8-6-7-9-19(18)22(20)27;20-12-7-8-13(21-10-12)9-16-17(11-5-6-11)19(23)15-4-2-1-3-14(15)18(16)22/h6-11,13-14H,5,12H2,1-4H3;1-4,7-8,10-11H,5-6,9H2. The van der Waals surface area contributed by atoms with Gasteiger partial charge in [-0.1, -0.05) is 48.5 Å². The summed E-state index contributed by atoms with van der Waals surface area (Å²) in [5, 5.41) is 0. The lowest BCUT2D eigenvalue weighted by Gasteiger charge is -2.25. The number of carbonyl (C=O) groups excluding carboxylic acids is 5. The summed E-state index contributed by atoms with van der Waals surface area (Å²) in [6, 6.07) is 20.3. The second-order valence-corrected chi connectivity index (χ2v) is 13.2. The first-order chi connectivity index (χ1) is 24.5. The van der Waals surface area contributed by atoms with Gasteiger partial charge < -0.3 is 4.90 Å². The summed E-state index contributed by atoms with van der Waals surface area (Å²) in [7, 11) is 0. The fourth-order valence-corrected chi connectivity index (χ4v) is 6.63. The molecule has 8 nitrogen and oxygen atoms in total. The van der Waals surface area contributed by atoms with Crippen molar-refractivity contribution in [1.29, 1.82) is 0 Å². The molecule has 0 atom stereocenters. The average molecular weight is 684 g/mol. The molecule has 0 aliphatic heterocycles. The highest BCUT2D eigenvalue weighted by Gasteiger charge is 2.40. The van der Waals surface area contributed by atoms with Crippen LogP contribution in [0.5, 0.6) is 0 Å². The monoisotopic (exact) mass is 683 g/mol. The van der Waals surface area contributed by atoms with E-state index in [1.807, 2.05) is 20.8 Å². The van der Waals surface area contributed by atoms with Gasteiger partial charge in [-0.05, 0) is 70.7 Å². The molecule has 1 fully saturated rings. The van der Waals surface area contributed by atoms with Crippen LogP contribution in [0.4, 0.5) is 4.39 Å². The molecule has 0 saturated heterocycles. The Balaban J connectivity index is 0.000000179. The SMILES string of the molecule is CCN(C(=O)c1ccc(CC2=C(C)C(=O)c3ccccc3C2=O)nc1)C(C)C.O=C1C(Cc2ccc(F)cn2)=C(C2CC2)C(=O)c2ccccc21. The molecule has 3 aliphatic rings. The molecule has 2 heterocycles. The first kappa shape index (κ1) is 35.1. The average Bonchev–Trinajstić information content (AvgIpc) is 3.98. The van der Waals surface area contributed by atoms with E-state index in [2.05, 4.69) is 9.97 Å². The highest BCUT2D eigenvalue weighted by atomic mass is 19.1. The van der Waals surface area contributed by atoms with Gasteiger partial charge in [0.05, 0.1) is 11.8 Å². The maximum absolute atomic E-state index is 13.0. The van der Waals surface area contributed by atoms with Gasteiger partial charge >= 0.3 is 0 Å². The van der Waals surface area contributed by atoms with Crippen molar-refractivity contribution >= 4 is 29.0 Å². The Morgan fingerprint density at radius 3 is 1.73 bits per heavy atom. The Labute approximate surface area is 296 Å². The van der Waals surface area contributed by atoms with Crippen molar-refractivity contribution < 1.29 is 28.4 Å². The Kier molecular flexibility index (Phi) is 10.1. The number of benzene rings is 2. The summed E-state index contributed by atoms with van der Waals surface area (Å²) >= 11 is 0. The van der Waals surface area contributed by atoms with Crippen LogP contribution < -0.4 is 0 Å². The zero-order valence-corrected chi connectivity index (χ0v) is 29.0. The number of amides is 1. The van der Waals surface area contributed by atoms with Crippen molar-refractivity contribution in [3.63, 3.8) is 0 Å². The van der Waals surface area contributed by atoms with E-state index in [0.717, 1.165) is 19.0 Å². The summed E-state index contributed by atoms with van der Waals surface area (Å²) in [6.07, 6.45) is 5.09. The van der Waals surface area contributed by atoms with Crippen LogP contribution in [-0.2, 0) is 12.8 Å². The molecule has 1 amide bonds. The number of Topliss-reactive ketones (excluding diaryl/α,β-unsaturated/α-hetero) is 4. The van der Waals surface area contributed by atoms with E-state index in [1.54, 1.807) is 84.8 Å². The number of carbonyl (C=O) groups is 5. The van der Waals surface area contributed by atoms with Crippen LogP contribution in [0, 0.1) is 11.7 Å². The van der Waals surface area contributed by atoms with Crippen molar-refractivity contribution in [1.82, 2.24) is 14.9 Å². The Bertz CT molecular complexity index is 2130. The summed E-state index contributed by atoms with van der Waals surface area (Å²) in [6.45, 7) is 8.20. The van der Waals surface area contributed by atoms with Gasteiger partial charge in [-0.25, -0.2) is 4.39 Å². The normalized spacial score (nSPS) is 15.4. The minimum absolute atomic E-state index is 0.0418. The second-order valence-electron chi connectivity index (χ2n) is 13.2. The van der Waals surface area contributed by atoms with Crippen molar-refractivity contribution in [3.8, 4) is 0 Å². The molecule has 0 spiro atoms. The molecular weight excluding hydrogens is 645 g/mol. The van der Waals surface area contributed by atoms with Crippen LogP contribution in [0.25, 0.3) is 0 Å². The minimum Gasteiger partial charge on any atom is -0.336 e. The molecule has 0 unspecified atom stereocenters. The third-order valence-electron chi connectivity index (χ3n) is 9.53. The van der Waals surface area contributed by atoms with Crippen molar-refractivity contribution in [2.75, 3.05) is 6.54 Å². The van der Waals surface area contributed by atoms with E-state index >= 15 is 0 Å². The van der Waals surface area contributed by atoms with Gasteiger partial charge in [0.15, 0.2) is 23.1 Å². The van der Waals surface area contributed by atoms with Gasteiger partial charge in [0.2, 0.25) is 0 Å². The Morgan fingerprint density at radius 2 is 1.24 bits per heavy atom. The number of allylic oxidation sites excluding steroid dienone is 4. The highest BCUT2D eigenvalue weighted by molar-refractivity contribution is 6.28. The predicted molar refractivity (Wildman–Crippen MR) is 190 cm³/mol. The van der Waals surface area contributed by atoms with Gasteiger partial charge in [-0.3, -0.25) is 33.9 Å². The number of hydrogen-bond acceptors (Lipinski definition) is 7. The molecule has 4 aromatic rings. The molecule has 0 bridgehead atoms. The second kappa shape index (κ2) is 14.6. The molecule has 258 valence electrons. The van der Waals surface area contributed by atoms with Crippen LogP contribution in [0.2, 0.25) is 0 Å². The Hall–Kier alpha value is -5.70. The lowest BCUT2D eigenvalue weighted by atomic mass is 9.80. The molecule has 2 aromatic heterocycles. The fraction of sp³-hybridized carbons (Fsp3) is 0.262. The molecule has 7 rings (SSSR count). The van der Waals surface area contributed by atoms with E-state index in [0.29, 0.717) is 68.0 Å². The number of pyridine rings is 2. The highest BCUT2D eigenvalue weighted by Crippen LogP contribution is 2.43. The van der Waals surface area contributed by atoms with Crippen LogP contribution in [0.1, 0.15) is 104 Å². The van der Waals surface area contributed by atoms with Crippen LogP contribution >= 0.6 is 0 Å². The third kappa shape index (κ3) is 7.15. The smallest absolute Gasteiger partial charge is 0.255 e. The molecule has 3 aliphatic carbocycles. The van der Waals surface area contributed by atoms with E-state index in [4.69, 9.17) is 0 Å². The Morgan fingerprint density at radius 1 is 0.725 bits per heavy atom. The summed E-state index contributed by atoms with van der Waals surface area (Å²) < 4.78 is 13.0. The van der Waals surface area contributed by atoms with Gasteiger partial charge in [-0.2, -0.15) is 0 Å². The van der Waals surface area contributed by atoms with E-state index in [1.165, 1.54) is 6.07 Å². The third-order valence-corrected chi connectivity index (χ3v) is 9.53. The molecule has 9 heteroatoms. The van der Waals surface area contributed by atoms with E-state index in [9.17, 15) is 28.4 Å². The van der Waals surface area contributed by atoms with Crippen LogP contribution in [-0.4, -0.2) is 56.5 Å². The van der Waals surface area contributed by atoms with Crippen LogP contribution in [0.15, 0.2) is 107 Å². The number of nitrogens with zero attached hydrogens (tertiary/aromatic N) is 3. The lowest BCUT2D eigenvalue weighted by molar-refractivity contribution is 0.0715. The number of ketones is 4. The van der Waals surface area contributed by atoms with Gasteiger partial charge in [0.1, 0.15) is 5.82 Å². The predicted octanol–water partition coefficient (Wildman–Crippen LogP) is 7.44. The molecule has 51 heavy (non-hydrogen) atoms. The van der Waals surface area contributed by atoms with Crippen LogP contribution in [0.3, 0.4) is 0 Å². The topological polar surface area (TPSA) is 114 Å². The molecule has 1 saturated carbocycles. The molecule has 0 radical (unpaired) electrons. The molecular formula is C42H38FN3O5. The summed E-state index contributed by atoms with van der Waals surface area (Å²) in [4.78, 5) is 73.9. The summed E-state index contributed by atoms with van der Waals surface area (Å²) in [5.41, 5.74) is 5.70. The summed E-state index contributed by atoms with van der Waals surface area (Å²) in [5.74, 6) is -0.700. The van der Waals surface area contributed by atoms with Gasteiger partial charge in [-0.15, -0.1) is 0 Å². The number of fused-ring (bicyclic) bond motifs is 2. The number of aromatic nitrogens is 2. The zero-order chi connectivity index (χ0) is 36.4. The number of rotatable bonds is 8. The van der Waals surface area contributed by atoms with E-state index in [-0.39, 0.29) is 53.8 Å². The quantitative estimate of drug-likeness (QED) is 0.190. The first-order valence-electron chi connectivity index (χ1n) is 17.2. The molecule has 2 aromatic carbocycles. The largest absolute Gasteiger partial charge is 0.336 e. The minimum atomic E-state index is -0.415. The van der Waals surface area contributed by atoms with Crippen molar-refractivity contribution in [2.24, 2.45) is 5.92 Å². The van der Waals surface area contributed by atoms with Crippen molar-refractivity contribution in [2.45, 2.75) is 59.4 Å². The maximum atomic E-state index is 13.0. The molecule has 0 N–H and O–H groups in total.